The van der Waals surface area contributed by atoms with E-state index in [1.807, 2.05) is 42.6 Å². The van der Waals surface area contributed by atoms with Crippen LogP contribution in [0.5, 0.6) is 11.5 Å². The highest BCUT2D eigenvalue weighted by molar-refractivity contribution is 7.10. The van der Waals surface area contributed by atoms with Gasteiger partial charge in [-0.25, -0.2) is 4.79 Å². The molecule has 24 heavy (non-hydrogen) atoms. The van der Waals surface area contributed by atoms with Crippen molar-refractivity contribution in [1.29, 1.82) is 0 Å². The van der Waals surface area contributed by atoms with E-state index in [-0.39, 0.29) is 12.1 Å². The molecule has 1 unspecified atom stereocenters. The fourth-order valence-electron chi connectivity index (χ4n) is 2.34. The van der Waals surface area contributed by atoms with Gasteiger partial charge in [0.2, 0.25) is 0 Å². The van der Waals surface area contributed by atoms with Gasteiger partial charge in [0.25, 0.3) is 0 Å². The van der Waals surface area contributed by atoms with Crippen LogP contribution in [0.3, 0.4) is 0 Å². The molecule has 130 valence electrons. The van der Waals surface area contributed by atoms with Gasteiger partial charge in [-0.1, -0.05) is 12.1 Å². The lowest BCUT2D eigenvalue weighted by molar-refractivity contribution is 0.206. The summed E-state index contributed by atoms with van der Waals surface area (Å²) in [5, 5.41) is 5.02. The van der Waals surface area contributed by atoms with E-state index in [4.69, 9.17) is 9.47 Å². The summed E-state index contributed by atoms with van der Waals surface area (Å²) in [6, 6.07) is 9.77. The molecule has 0 spiro atoms. The van der Waals surface area contributed by atoms with Crippen molar-refractivity contribution in [2.45, 2.75) is 19.4 Å². The van der Waals surface area contributed by atoms with Crippen LogP contribution in [0.15, 0.2) is 35.7 Å². The second-order valence-electron chi connectivity index (χ2n) is 5.55. The lowest BCUT2D eigenvalue weighted by Crippen LogP contribution is -2.39. The number of benzene rings is 1. The summed E-state index contributed by atoms with van der Waals surface area (Å²) in [6.07, 6.45) is 0.748. The molecular formula is C18H24N2O3S. The maximum absolute atomic E-state index is 12.3. The van der Waals surface area contributed by atoms with Crippen molar-refractivity contribution in [3.05, 3.63) is 46.2 Å². The standard InChI is InChI=1S/C18H24N2O3S/c1-13(17-6-5-11-24-17)19-18(21)20(2)10-9-14-7-8-15(22-3)16(12-14)23-4/h5-8,11-13H,9-10H2,1-4H3,(H,19,21). The molecule has 6 heteroatoms. The third-order valence-corrected chi connectivity index (χ3v) is 4.90. The second-order valence-corrected chi connectivity index (χ2v) is 6.53. The number of hydrogen-bond acceptors (Lipinski definition) is 4. The minimum Gasteiger partial charge on any atom is -0.493 e. The van der Waals surface area contributed by atoms with Crippen LogP contribution in [0.25, 0.3) is 0 Å². The number of urea groups is 1. The molecule has 0 saturated carbocycles. The summed E-state index contributed by atoms with van der Waals surface area (Å²) >= 11 is 1.64. The molecule has 1 N–H and O–H groups in total. The third-order valence-electron chi connectivity index (χ3n) is 3.84. The zero-order chi connectivity index (χ0) is 17.5. The Morgan fingerprint density at radius 3 is 2.62 bits per heavy atom. The summed E-state index contributed by atoms with van der Waals surface area (Å²) in [7, 11) is 5.04. The van der Waals surface area contributed by atoms with Gasteiger partial charge in [-0.3, -0.25) is 0 Å². The minimum atomic E-state index is -0.0728. The number of thiophene rings is 1. The molecule has 0 aliphatic rings. The molecule has 2 aromatic rings. The van der Waals surface area contributed by atoms with E-state index in [1.54, 1.807) is 37.5 Å². The molecule has 0 saturated heterocycles. The van der Waals surface area contributed by atoms with Gasteiger partial charge in [0, 0.05) is 18.5 Å². The van der Waals surface area contributed by atoms with E-state index >= 15 is 0 Å². The molecular weight excluding hydrogens is 324 g/mol. The maximum Gasteiger partial charge on any atom is 0.317 e. The Labute approximate surface area is 147 Å². The Balaban J connectivity index is 1.88. The number of methoxy groups -OCH3 is 2. The van der Waals surface area contributed by atoms with E-state index in [1.165, 1.54) is 0 Å². The molecule has 2 amide bonds. The van der Waals surface area contributed by atoms with Crippen LogP contribution in [0.2, 0.25) is 0 Å². The largest absolute Gasteiger partial charge is 0.493 e. The second kappa shape index (κ2) is 8.59. The van der Waals surface area contributed by atoms with Crippen LogP contribution >= 0.6 is 11.3 Å². The SMILES string of the molecule is COc1ccc(CCN(C)C(=O)NC(C)c2cccs2)cc1OC. The first-order chi connectivity index (χ1) is 11.5. The van der Waals surface area contributed by atoms with Gasteiger partial charge in [0.05, 0.1) is 20.3 Å². The first-order valence-corrected chi connectivity index (χ1v) is 8.69. The van der Waals surface area contributed by atoms with Gasteiger partial charge in [-0.15, -0.1) is 11.3 Å². The van der Waals surface area contributed by atoms with Crippen LogP contribution in [-0.2, 0) is 6.42 Å². The summed E-state index contributed by atoms with van der Waals surface area (Å²) in [5.74, 6) is 1.41. The summed E-state index contributed by atoms with van der Waals surface area (Å²) < 4.78 is 10.5. The summed E-state index contributed by atoms with van der Waals surface area (Å²) in [6.45, 7) is 2.62. The minimum absolute atomic E-state index is 0.0148. The average molecular weight is 348 g/mol. The zero-order valence-electron chi connectivity index (χ0n) is 14.5. The maximum atomic E-state index is 12.3. The van der Waals surface area contributed by atoms with Crippen molar-refractivity contribution in [3.63, 3.8) is 0 Å². The van der Waals surface area contributed by atoms with Gasteiger partial charge in [0.1, 0.15) is 0 Å². The molecule has 0 aliphatic heterocycles. The molecule has 1 heterocycles. The number of carbonyl (C=O) groups excluding carboxylic acids is 1. The Hall–Kier alpha value is -2.21. The smallest absolute Gasteiger partial charge is 0.317 e. The van der Waals surface area contributed by atoms with Crippen molar-refractivity contribution < 1.29 is 14.3 Å². The fraction of sp³-hybridized carbons (Fsp3) is 0.389. The van der Waals surface area contributed by atoms with Gasteiger partial charge in [-0.05, 0) is 42.5 Å². The van der Waals surface area contributed by atoms with Crippen LogP contribution in [-0.4, -0.2) is 38.7 Å². The van der Waals surface area contributed by atoms with Crippen molar-refractivity contribution in [3.8, 4) is 11.5 Å². The van der Waals surface area contributed by atoms with Gasteiger partial charge in [-0.2, -0.15) is 0 Å². The summed E-state index contributed by atoms with van der Waals surface area (Å²) in [4.78, 5) is 15.1. The molecule has 0 bridgehead atoms. The molecule has 0 aliphatic carbocycles. The normalized spacial score (nSPS) is 11.7. The lowest BCUT2D eigenvalue weighted by Gasteiger charge is -2.21. The molecule has 0 fully saturated rings. The Morgan fingerprint density at radius 2 is 2.00 bits per heavy atom. The van der Waals surface area contributed by atoms with E-state index in [2.05, 4.69) is 5.32 Å². The number of hydrogen-bond donors (Lipinski definition) is 1. The van der Waals surface area contributed by atoms with Crippen LogP contribution in [0, 0.1) is 0 Å². The number of nitrogens with one attached hydrogen (secondary N) is 1. The number of ether oxygens (including phenoxy) is 2. The lowest BCUT2D eigenvalue weighted by atomic mass is 10.1. The van der Waals surface area contributed by atoms with Crippen LogP contribution < -0.4 is 14.8 Å². The van der Waals surface area contributed by atoms with Crippen molar-refractivity contribution in [1.82, 2.24) is 10.2 Å². The monoisotopic (exact) mass is 348 g/mol. The molecule has 1 atom stereocenters. The number of carbonyl (C=O) groups is 1. The van der Waals surface area contributed by atoms with Gasteiger partial charge < -0.3 is 19.7 Å². The third kappa shape index (κ3) is 4.64. The number of amides is 2. The number of rotatable bonds is 7. The van der Waals surface area contributed by atoms with Crippen LogP contribution in [0.4, 0.5) is 4.79 Å². The predicted octanol–water partition coefficient (Wildman–Crippen LogP) is 3.71. The van der Waals surface area contributed by atoms with Gasteiger partial charge >= 0.3 is 6.03 Å². The van der Waals surface area contributed by atoms with Crippen molar-refractivity contribution in [2.75, 3.05) is 27.8 Å². The Bertz CT molecular complexity index is 658. The average Bonchev–Trinajstić information content (AvgIpc) is 3.13. The predicted molar refractivity (Wildman–Crippen MR) is 97.1 cm³/mol. The van der Waals surface area contributed by atoms with E-state index < -0.39 is 0 Å². The Morgan fingerprint density at radius 1 is 1.25 bits per heavy atom. The molecule has 5 nitrogen and oxygen atoms in total. The van der Waals surface area contributed by atoms with Gasteiger partial charge in [0.15, 0.2) is 11.5 Å². The molecule has 1 aromatic heterocycles. The summed E-state index contributed by atoms with van der Waals surface area (Å²) in [5.41, 5.74) is 1.10. The quantitative estimate of drug-likeness (QED) is 0.830. The van der Waals surface area contributed by atoms with E-state index in [0.717, 1.165) is 16.9 Å². The highest BCUT2D eigenvalue weighted by Gasteiger charge is 2.14. The topological polar surface area (TPSA) is 50.8 Å². The molecule has 2 rings (SSSR count). The first kappa shape index (κ1) is 18.1. The number of likely N-dealkylation sites (N-methyl/N-ethyl adjacent to an activating group) is 1. The molecule has 1 aromatic carbocycles. The van der Waals surface area contributed by atoms with E-state index in [9.17, 15) is 4.79 Å². The van der Waals surface area contributed by atoms with Crippen molar-refractivity contribution in [2.24, 2.45) is 0 Å². The highest BCUT2D eigenvalue weighted by atomic mass is 32.1. The van der Waals surface area contributed by atoms with Crippen molar-refractivity contribution >= 4 is 17.4 Å². The van der Waals surface area contributed by atoms with Crippen LogP contribution in [0.1, 0.15) is 23.4 Å². The Kier molecular flexibility index (Phi) is 6.49. The number of nitrogens with zero attached hydrogens (tertiary/aromatic N) is 1. The fourth-order valence-corrected chi connectivity index (χ4v) is 3.07. The zero-order valence-corrected chi connectivity index (χ0v) is 15.4. The van der Waals surface area contributed by atoms with E-state index in [0.29, 0.717) is 18.0 Å². The first-order valence-electron chi connectivity index (χ1n) is 7.81. The highest BCUT2D eigenvalue weighted by Crippen LogP contribution is 2.27. The molecule has 0 radical (unpaired) electrons.